The highest BCUT2D eigenvalue weighted by molar-refractivity contribution is 6.06. The van der Waals surface area contributed by atoms with Gasteiger partial charge in [-0.25, -0.2) is 4.79 Å². The number of nitrogens with zero attached hydrogens (tertiary/aromatic N) is 2. The molecular weight excluding hydrogens is 292 g/mol. The molecule has 6 nitrogen and oxygen atoms in total. The Morgan fingerprint density at radius 2 is 2.04 bits per heavy atom. The number of nitrogens with one attached hydrogen (secondary N) is 2. The van der Waals surface area contributed by atoms with E-state index in [0.29, 0.717) is 18.9 Å². The Bertz CT molecular complexity index is 792. The van der Waals surface area contributed by atoms with Gasteiger partial charge in [0, 0.05) is 35.8 Å². The lowest BCUT2D eigenvalue weighted by Gasteiger charge is -2.28. The maximum atomic E-state index is 12.0. The van der Waals surface area contributed by atoms with E-state index in [1.54, 1.807) is 4.90 Å². The number of anilines is 1. The lowest BCUT2D eigenvalue weighted by Crippen LogP contribution is -2.49. The van der Waals surface area contributed by atoms with Gasteiger partial charge in [-0.2, -0.15) is 5.10 Å². The molecule has 2 aromatic rings. The predicted molar refractivity (Wildman–Crippen MR) is 86.2 cm³/mol. The van der Waals surface area contributed by atoms with Crippen LogP contribution in [0.2, 0.25) is 0 Å². The highest BCUT2D eigenvalue weighted by Gasteiger charge is 2.27. The fraction of sp³-hybridized carbons (Fsp3) is 0.353. The van der Waals surface area contributed by atoms with Crippen molar-refractivity contribution in [2.45, 2.75) is 32.1 Å². The van der Waals surface area contributed by atoms with E-state index in [1.165, 1.54) is 18.5 Å². The van der Waals surface area contributed by atoms with Crippen LogP contribution in [-0.2, 0) is 4.79 Å². The minimum absolute atomic E-state index is 0.218. The maximum absolute atomic E-state index is 12.0. The summed E-state index contributed by atoms with van der Waals surface area (Å²) in [4.78, 5) is 24.9. The van der Waals surface area contributed by atoms with Crippen LogP contribution in [0.4, 0.5) is 10.5 Å². The Kier molecular flexibility index (Phi) is 3.18. The number of imide groups is 1. The number of aryl methyl sites for hydroxylation is 1. The van der Waals surface area contributed by atoms with Gasteiger partial charge in [0.2, 0.25) is 5.91 Å². The van der Waals surface area contributed by atoms with Crippen molar-refractivity contribution in [3.8, 4) is 11.3 Å². The molecule has 118 valence electrons. The molecular formula is C17H18N4O2. The summed E-state index contributed by atoms with van der Waals surface area (Å²) in [6.45, 7) is 2.39. The second-order valence-corrected chi connectivity index (χ2v) is 6.24. The monoisotopic (exact) mass is 310 g/mol. The number of aromatic nitrogens is 2. The SMILES string of the molecule is Cc1cc(-c2cc(C3CC3)[nH]n2)ccc1N1CCC(=O)NC1=O. The average Bonchev–Trinajstić information content (AvgIpc) is 3.25. The summed E-state index contributed by atoms with van der Waals surface area (Å²) in [6, 6.07) is 7.68. The highest BCUT2D eigenvalue weighted by atomic mass is 16.2. The molecule has 23 heavy (non-hydrogen) atoms. The first-order chi connectivity index (χ1) is 11.1. The summed E-state index contributed by atoms with van der Waals surface area (Å²) in [7, 11) is 0. The van der Waals surface area contributed by atoms with Crippen LogP contribution in [0.5, 0.6) is 0 Å². The molecule has 0 radical (unpaired) electrons. The summed E-state index contributed by atoms with van der Waals surface area (Å²) < 4.78 is 0. The molecule has 0 unspecified atom stereocenters. The Hall–Kier alpha value is -2.63. The number of aromatic amines is 1. The molecule has 2 heterocycles. The largest absolute Gasteiger partial charge is 0.328 e. The number of hydrogen-bond donors (Lipinski definition) is 2. The topological polar surface area (TPSA) is 78.1 Å². The van der Waals surface area contributed by atoms with E-state index in [0.717, 1.165) is 22.5 Å². The first-order valence-electron chi connectivity index (χ1n) is 7.89. The molecule has 1 aliphatic heterocycles. The van der Waals surface area contributed by atoms with Gasteiger partial charge in [-0.1, -0.05) is 6.07 Å². The quantitative estimate of drug-likeness (QED) is 0.915. The summed E-state index contributed by atoms with van der Waals surface area (Å²) in [5.74, 6) is 0.427. The van der Waals surface area contributed by atoms with Crippen LogP contribution in [0, 0.1) is 6.92 Å². The minimum Gasteiger partial charge on any atom is -0.293 e. The van der Waals surface area contributed by atoms with Gasteiger partial charge in [0.15, 0.2) is 0 Å². The van der Waals surface area contributed by atoms with Crippen molar-refractivity contribution in [1.82, 2.24) is 15.5 Å². The number of H-pyrrole nitrogens is 1. The van der Waals surface area contributed by atoms with Crippen LogP contribution < -0.4 is 10.2 Å². The third kappa shape index (κ3) is 2.60. The number of carbonyl (C=O) groups excluding carboxylic acids is 2. The molecule has 1 saturated carbocycles. The molecule has 3 amide bonds. The Balaban J connectivity index is 1.61. The van der Waals surface area contributed by atoms with Crippen LogP contribution in [0.3, 0.4) is 0 Å². The second kappa shape index (κ2) is 5.22. The van der Waals surface area contributed by atoms with Gasteiger partial charge < -0.3 is 0 Å². The van der Waals surface area contributed by atoms with Crippen LogP contribution in [-0.4, -0.2) is 28.7 Å². The fourth-order valence-corrected chi connectivity index (χ4v) is 3.00. The van der Waals surface area contributed by atoms with Gasteiger partial charge in [-0.15, -0.1) is 0 Å². The van der Waals surface area contributed by atoms with Gasteiger partial charge in [-0.3, -0.25) is 20.1 Å². The average molecular weight is 310 g/mol. The van der Waals surface area contributed by atoms with Gasteiger partial charge in [0.1, 0.15) is 0 Å². The number of amides is 3. The molecule has 6 heteroatoms. The standard InChI is InChI=1S/C17H18N4O2/c1-10-8-12(14-9-13(19-20-14)11-2-3-11)4-5-15(10)21-7-6-16(22)18-17(21)23/h4-5,8-9,11H,2-3,6-7H2,1H3,(H,19,20)(H,18,22,23). The van der Waals surface area contributed by atoms with Gasteiger partial charge in [-0.05, 0) is 43.5 Å². The number of urea groups is 1. The van der Waals surface area contributed by atoms with Crippen molar-refractivity contribution in [1.29, 1.82) is 0 Å². The predicted octanol–water partition coefficient (Wildman–Crippen LogP) is 2.71. The number of rotatable bonds is 3. The van der Waals surface area contributed by atoms with Crippen molar-refractivity contribution < 1.29 is 9.59 Å². The molecule has 0 atom stereocenters. The zero-order valence-corrected chi connectivity index (χ0v) is 12.9. The molecule has 1 aliphatic carbocycles. The summed E-state index contributed by atoms with van der Waals surface area (Å²) in [5, 5.41) is 9.86. The summed E-state index contributed by atoms with van der Waals surface area (Å²) in [6.07, 6.45) is 2.81. The lowest BCUT2D eigenvalue weighted by atomic mass is 10.1. The normalized spacial score (nSPS) is 18.2. The van der Waals surface area contributed by atoms with E-state index in [2.05, 4.69) is 21.6 Å². The maximum Gasteiger partial charge on any atom is 0.328 e. The second-order valence-electron chi connectivity index (χ2n) is 6.24. The zero-order chi connectivity index (χ0) is 16.0. The van der Waals surface area contributed by atoms with Crippen LogP contribution in [0.1, 0.15) is 36.4 Å². The van der Waals surface area contributed by atoms with E-state index in [-0.39, 0.29) is 11.9 Å². The van der Waals surface area contributed by atoms with E-state index in [9.17, 15) is 9.59 Å². The van der Waals surface area contributed by atoms with Gasteiger partial charge in [0.05, 0.1) is 5.69 Å². The third-order valence-corrected chi connectivity index (χ3v) is 4.45. The van der Waals surface area contributed by atoms with Crippen molar-refractivity contribution in [3.05, 3.63) is 35.5 Å². The third-order valence-electron chi connectivity index (χ3n) is 4.45. The molecule has 0 spiro atoms. The van der Waals surface area contributed by atoms with Crippen molar-refractivity contribution >= 4 is 17.6 Å². The molecule has 0 bridgehead atoms. The summed E-state index contributed by atoms with van der Waals surface area (Å²) >= 11 is 0. The van der Waals surface area contributed by atoms with Crippen LogP contribution in [0.25, 0.3) is 11.3 Å². The molecule has 2 N–H and O–H groups in total. The molecule has 2 fully saturated rings. The Morgan fingerprint density at radius 1 is 1.22 bits per heavy atom. The van der Waals surface area contributed by atoms with E-state index in [4.69, 9.17) is 0 Å². The molecule has 1 aromatic carbocycles. The zero-order valence-electron chi connectivity index (χ0n) is 12.9. The Morgan fingerprint density at radius 3 is 2.74 bits per heavy atom. The van der Waals surface area contributed by atoms with Crippen molar-refractivity contribution in [3.63, 3.8) is 0 Å². The van der Waals surface area contributed by atoms with E-state index >= 15 is 0 Å². The molecule has 1 saturated heterocycles. The van der Waals surface area contributed by atoms with Crippen molar-refractivity contribution in [2.24, 2.45) is 0 Å². The summed E-state index contributed by atoms with van der Waals surface area (Å²) in [5.41, 5.74) is 4.98. The Labute approximate surface area is 133 Å². The minimum atomic E-state index is -0.354. The van der Waals surface area contributed by atoms with Crippen LogP contribution in [0.15, 0.2) is 24.3 Å². The fourth-order valence-electron chi connectivity index (χ4n) is 3.00. The van der Waals surface area contributed by atoms with Crippen LogP contribution >= 0.6 is 0 Å². The molecule has 4 rings (SSSR count). The van der Waals surface area contributed by atoms with E-state index in [1.807, 2.05) is 25.1 Å². The number of carbonyl (C=O) groups is 2. The number of hydrogen-bond acceptors (Lipinski definition) is 3. The first-order valence-corrected chi connectivity index (χ1v) is 7.89. The molecule has 1 aromatic heterocycles. The van der Waals surface area contributed by atoms with E-state index < -0.39 is 0 Å². The number of benzene rings is 1. The van der Waals surface area contributed by atoms with Gasteiger partial charge >= 0.3 is 6.03 Å². The van der Waals surface area contributed by atoms with Gasteiger partial charge in [0.25, 0.3) is 0 Å². The first kappa shape index (κ1) is 14.0. The lowest BCUT2D eigenvalue weighted by molar-refractivity contribution is -0.120. The highest BCUT2D eigenvalue weighted by Crippen LogP contribution is 2.40. The smallest absolute Gasteiger partial charge is 0.293 e. The van der Waals surface area contributed by atoms with Crippen molar-refractivity contribution in [2.75, 3.05) is 11.4 Å². The molecule has 2 aliphatic rings.